The van der Waals surface area contributed by atoms with Crippen LogP contribution in [-0.2, 0) is 6.54 Å². The molecular formula is C40H27N3OS. The molecule has 0 radical (unpaired) electrons. The van der Waals surface area contributed by atoms with E-state index < -0.39 is 0 Å². The maximum atomic E-state index is 6.47. The molecule has 0 unspecified atom stereocenters. The van der Waals surface area contributed by atoms with E-state index in [1.54, 1.807) is 0 Å². The lowest BCUT2D eigenvalue weighted by molar-refractivity contribution is 0.670. The molecule has 8 rings (SSSR count). The summed E-state index contributed by atoms with van der Waals surface area (Å²) >= 11 is 1.81. The Bertz CT molecular complexity index is 2420. The zero-order valence-corrected chi connectivity index (χ0v) is 25.2. The summed E-state index contributed by atoms with van der Waals surface area (Å²) in [6.07, 6.45) is 0. The van der Waals surface area contributed by atoms with Crippen LogP contribution in [0.3, 0.4) is 0 Å². The Balaban J connectivity index is 1.31. The fourth-order valence-electron chi connectivity index (χ4n) is 6.07. The van der Waals surface area contributed by atoms with Crippen LogP contribution in [0.4, 0.5) is 0 Å². The number of fused-ring (bicyclic) bond motifs is 6. The Morgan fingerprint density at radius 3 is 1.98 bits per heavy atom. The molecule has 2 heterocycles. The SMILES string of the molecule is C=N/C(=N\C(=N/Cc1cccc2sc3cccc(-c4cccc5c4oc4ccccc45)c3c12)c1ccccc1)c1ccccc1. The van der Waals surface area contributed by atoms with Crippen LogP contribution in [-0.4, -0.2) is 18.4 Å². The average molecular weight is 598 g/mol. The van der Waals surface area contributed by atoms with Crippen molar-refractivity contribution in [2.75, 3.05) is 0 Å². The lowest BCUT2D eigenvalue weighted by atomic mass is 9.96. The molecule has 0 N–H and O–H groups in total. The van der Waals surface area contributed by atoms with Crippen LogP contribution in [0, 0.1) is 0 Å². The third-order valence-corrected chi connectivity index (χ3v) is 9.25. The minimum absolute atomic E-state index is 0.458. The van der Waals surface area contributed by atoms with E-state index >= 15 is 0 Å². The maximum Gasteiger partial charge on any atom is 0.161 e. The van der Waals surface area contributed by atoms with Gasteiger partial charge in [-0.25, -0.2) is 9.98 Å². The summed E-state index contributed by atoms with van der Waals surface area (Å²) in [5, 5.41) is 4.69. The lowest BCUT2D eigenvalue weighted by Gasteiger charge is -2.09. The van der Waals surface area contributed by atoms with Crippen LogP contribution in [0.25, 0.3) is 53.2 Å². The van der Waals surface area contributed by atoms with Crippen LogP contribution in [0.5, 0.6) is 0 Å². The van der Waals surface area contributed by atoms with E-state index in [1.165, 1.54) is 20.2 Å². The smallest absolute Gasteiger partial charge is 0.161 e. The van der Waals surface area contributed by atoms with E-state index in [1.807, 2.05) is 84.1 Å². The molecule has 0 aliphatic heterocycles. The van der Waals surface area contributed by atoms with Gasteiger partial charge in [-0.05, 0) is 36.0 Å². The highest BCUT2D eigenvalue weighted by Gasteiger charge is 2.18. The first kappa shape index (κ1) is 26.9. The van der Waals surface area contributed by atoms with Gasteiger partial charge >= 0.3 is 0 Å². The van der Waals surface area contributed by atoms with Gasteiger partial charge in [-0.15, -0.1) is 11.3 Å². The number of benzene rings is 6. The molecule has 0 spiro atoms. The van der Waals surface area contributed by atoms with E-state index in [0.717, 1.165) is 49.8 Å². The van der Waals surface area contributed by atoms with Crippen LogP contribution in [0.15, 0.2) is 159 Å². The monoisotopic (exact) mass is 597 g/mol. The van der Waals surface area contributed by atoms with Crippen molar-refractivity contribution >= 4 is 71.8 Å². The first-order valence-electron chi connectivity index (χ1n) is 14.8. The van der Waals surface area contributed by atoms with Gasteiger partial charge in [0.2, 0.25) is 0 Å². The summed E-state index contributed by atoms with van der Waals surface area (Å²) < 4.78 is 8.93. The molecular weight excluding hydrogens is 571 g/mol. The van der Waals surface area contributed by atoms with Crippen LogP contribution in [0.1, 0.15) is 16.7 Å². The first-order valence-corrected chi connectivity index (χ1v) is 15.6. The van der Waals surface area contributed by atoms with Gasteiger partial charge in [0.25, 0.3) is 0 Å². The number of nitrogens with zero attached hydrogens (tertiary/aromatic N) is 3. The van der Waals surface area contributed by atoms with E-state index in [-0.39, 0.29) is 0 Å². The molecule has 0 saturated carbocycles. The summed E-state index contributed by atoms with van der Waals surface area (Å²) in [5.74, 6) is 1.16. The number of aliphatic imine (C=N–C) groups is 3. The second kappa shape index (κ2) is 11.5. The number of amidine groups is 2. The number of hydrogen-bond donors (Lipinski definition) is 0. The molecule has 0 fully saturated rings. The second-order valence-electron chi connectivity index (χ2n) is 10.8. The standard InChI is InChI=1S/C40H27N3OS/c1-41-39(26-13-4-2-5-14-26)43-40(27-15-6-3-7-16-27)42-25-28-17-10-23-34-36(28)37-30(19-12-24-35(37)45-34)32-21-11-20-31-29-18-8-9-22-33(29)44-38(31)32/h2-24H,1,25H2/b42-40-,43-39-. The minimum atomic E-state index is 0.458. The van der Waals surface area contributed by atoms with E-state index in [4.69, 9.17) is 14.4 Å². The molecule has 0 atom stereocenters. The third kappa shape index (κ3) is 4.84. The van der Waals surface area contributed by atoms with Gasteiger partial charge in [0.1, 0.15) is 11.2 Å². The largest absolute Gasteiger partial charge is 0.455 e. The quantitative estimate of drug-likeness (QED) is 0.144. The topological polar surface area (TPSA) is 50.2 Å². The number of furan rings is 1. The van der Waals surface area contributed by atoms with Crippen LogP contribution < -0.4 is 0 Å². The maximum absolute atomic E-state index is 6.47. The highest BCUT2D eigenvalue weighted by Crippen LogP contribution is 2.44. The molecule has 5 heteroatoms. The Morgan fingerprint density at radius 2 is 1.20 bits per heavy atom. The second-order valence-corrected chi connectivity index (χ2v) is 11.9. The predicted molar refractivity (Wildman–Crippen MR) is 191 cm³/mol. The highest BCUT2D eigenvalue weighted by molar-refractivity contribution is 7.26. The number of thiophene rings is 1. The molecule has 45 heavy (non-hydrogen) atoms. The van der Waals surface area contributed by atoms with Crippen molar-refractivity contribution in [1.29, 1.82) is 0 Å². The van der Waals surface area contributed by atoms with Crippen molar-refractivity contribution in [2.24, 2.45) is 15.0 Å². The lowest BCUT2D eigenvalue weighted by Crippen LogP contribution is -2.05. The van der Waals surface area contributed by atoms with Crippen molar-refractivity contribution in [3.8, 4) is 11.1 Å². The predicted octanol–water partition coefficient (Wildman–Crippen LogP) is 10.7. The molecule has 6 aromatic carbocycles. The fourth-order valence-corrected chi connectivity index (χ4v) is 7.25. The fraction of sp³-hybridized carbons (Fsp3) is 0.0250. The first-order chi connectivity index (χ1) is 22.3. The van der Waals surface area contributed by atoms with Crippen molar-refractivity contribution < 1.29 is 4.42 Å². The Kier molecular flexibility index (Phi) is 6.86. The highest BCUT2D eigenvalue weighted by atomic mass is 32.1. The minimum Gasteiger partial charge on any atom is -0.455 e. The molecule has 4 nitrogen and oxygen atoms in total. The van der Waals surface area contributed by atoms with Gasteiger partial charge in [-0.3, -0.25) is 4.99 Å². The Hall–Kier alpha value is -5.65. The van der Waals surface area contributed by atoms with Crippen LogP contribution in [0.2, 0.25) is 0 Å². The number of hydrogen-bond acceptors (Lipinski definition) is 3. The number of para-hydroxylation sites is 2. The molecule has 8 aromatic rings. The Morgan fingerprint density at radius 1 is 0.578 bits per heavy atom. The van der Waals surface area contributed by atoms with Gasteiger partial charge in [-0.1, -0.05) is 121 Å². The molecule has 214 valence electrons. The summed E-state index contributed by atoms with van der Waals surface area (Å²) in [5.41, 5.74) is 7.01. The average Bonchev–Trinajstić information content (AvgIpc) is 3.68. The van der Waals surface area contributed by atoms with Gasteiger partial charge in [-0.2, -0.15) is 0 Å². The summed E-state index contributed by atoms with van der Waals surface area (Å²) in [7, 11) is 0. The molecule has 0 amide bonds. The van der Waals surface area contributed by atoms with Crippen molar-refractivity contribution in [2.45, 2.75) is 6.54 Å². The third-order valence-electron chi connectivity index (χ3n) is 8.13. The van der Waals surface area contributed by atoms with Gasteiger partial charge in [0.15, 0.2) is 11.7 Å². The summed E-state index contributed by atoms with van der Waals surface area (Å²) in [4.78, 5) is 14.3. The van der Waals surface area contributed by atoms with Gasteiger partial charge in [0.05, 0.1) is 6.54 Å². The van der Waals surface area contributed by atoms with Crippen LogP contribution >= 0.6 is 11.3 Å². The van der Waals surface area contributed by atoms with Gasteiger partial charge in [0, 0.05) is 47.6 Å². The molecule has 0 aliphatic carbocycles. The molecule has 0 saturated heterocycles. The van der Waals surface area contributed by atoms with Crippen molar-refractivity contribution in [3.05, 3.63) is 156 Å². The van der Waals surface area contributed by atoms with E-state index in [2.05, 4.69) is 78.4 Å². The van der Waals surface area contributed by atoms with E-state index in [0.29, 0.717) is 18.2 Å². The van der Waals surface area contributed by atoms with Crippen molar-refractivity contribution in [1.82, 2.24) is 0 Å². The molecule has 0 aliphatic rings. The zero-order chi connectivity index (χ0) is 30.2. The zero-order valence-electron chi connectivity index (χ0n) is 24.4. The normalized spacial score (nSPS) is 12.4. The molecule has 2 aromatic heterocycles. The summed E-state index contributed by atoms with van der Waals surface area (Å²) in [6.45, 7) is 4.26. The van der Waals surface area contributed by atoms with Crippen molar-refractivity contribution in [3.63, 3.8) is 0 Å². The number of rotatable bonds is 5. The van der Waals surface area contributed by atoms with E-state index in [9.17, 15) is 0 Å². The summed E-state index contributed by atoms with van der Waals surface area (Å²) in [6, 6.07) is 47.7. The van der Waals surface area contributed by atoms with Gasteiger partial charge < -0.3 is 4.42 Å². The Labute approximate surface area is 264 Å². The molecule has 0 bridgehead atoms.